The van der Waals surface area contributed by atoms with Crippen LogP contribution in [0.2, 0.25) is 19.6 Å². The molecule has 0 spiro atoms. The summed E-state index contributed by atoms with van der Waals surface area (Å²) >= 11 is 1.80. The minimum Gasteiger partial charge on any atom is -0.303 e. The van der Waals surface area contributed by atoms with E-state index in [1.165, 1.54) is 4.50 Å². The number of hydrogen-bond acceptors (Lipinski definition) is 4. The van der Waals surface area contributed by atoms with Gasteiger partial charge >= 0.3 is 0 Å². The minimum atomic E-state index is -1.26. The van der Waals surface area contributed by atoms with Crippen LogP contribution in [0.5, 0.6) is 0 Å². The monoisotopic (exact) mass is 302 g/mol. The number of hydrazone groups is 1. The fourth-order valence-electron chi connectivity index (χ4n) is 1.48. The van der Waals surface area contributed by atoms with Gasteiger partial charge in [0, 0.05) is 31.2 Å². The second kappa shape index (κ2) is 6.12. The highest BCUT2D eigenvalue weighted by Gasteiger charge is 2.20. The standard InChI is InChI=1S/C12H22N2OS2Si/c1-14(2)13-10(9-17(3)15)11-7-8-12(16-11)18(4,5)6/h7-8H,9H2,1-6H3/b13-10+. The molecule has 1 atom stereocenters. The first-order valence-electron chi connectivity index (χ1n) is 5.85. The summed E-state index contributed by atoms with van der Waals surface area (Å²) in [6.45, 7) is 7.01. The summed E-state index contributed by atoms with van der Waals surface area (Å²) < 4.78 is 12.9. The van der Waals surface area contributed by atoms with Gasteiger partial charge in [-0.2, -0.15) is 5.10 Å². The number of hydrogen-bond donors (Lipinski definition) is 0. The molecule has 102 valence electrons. The number of thiophene rings is 1. The average Bonchev–Trinajstić information content (AvgIpc) is 2.62. The van der Waals surface area contributed by atoms with Gasteiger partial charge in [0.25, 0.3) is 0 Å². The minimum absolute atomic E-state index is 0.518. The van der Waals surface area contributed by atoms with E-state index in [9.17, 15) is 4.21 Å². The van der Waals surface area contributed by atoms with Crippen LogP contribution < -0.4 is 4.50 Å². The summed E-state index contributed by atoms with van der Waals surface area (Å²) in [5, 5.41) is 6.24. The Morgan fingerprint density at radius 2 is 2.00 bits per heavy atom. The molecule has 3 nitrogen and oxygen atoms in total. The lowest BCUT2D eigenvalue weighted by molar-refractivity contribution is 0.438. The van der Waals surface area contributed by atoms with Crippen LogP contribution in [0.15, 0.2) is 17.2 Å². The van der Waals surface area contributed by atoms with E-state index < -0.39 is 18.9 Å². The van der Waals surface area contributed by atoms with E-state index in [1.54, 1.807) is 22.6 Å². The molecule has 1 aromatic heterocycles. The lowest BCUT2D eigenvalue weighted by Gasteiger charge is -2.12. The molecule has 0 saturated heterocycles. The Hall–Kier alpha value is -0.463. The van der Waals surface area contributed by atoms with Crippen molar-refractivity contribution in [3.63, 3.8) is 0 Å². The molecule has 0 aromatic carbocycles. The predicted molar refractivity (Wildman–Crippen MR) is 86.5 cm³/mol. The van der Waals surface area contributed by atoms with Crippen molar-refractivity contribution in [3.8, 4) is 0 Å². The van der Waals surface area contributed by atoms with E-state index in [0.29, 0.717) is 5.75 Å². The van der Waals surface area contributed by atoms with E-state index in [2.05, 4.69) is 36.9 Å². The molecule has 18 heavy (non-hydrogen) atoms. The molecule has 0 aliphatic carbocycles. The van der Waals surface area contributed by atoms with Crippen LogP contribution >= 0.6 is 11.3 Å². The van der Waals surface area contributed by atoms with Crippen LogP contribution in [0, 0.1) is 0 Å². The summed E-state index contributed by atoms with van der Waals surface area (Å²) in [5.41, 5.74) is 0.926. The topological polar surface area (TPSA) is 32.7 Å². The third-order valence-corrected chi connectivity index (χ3v) is 7.71. The molecule has 0 radical (unpaired) electrons. The van der Waals surface area contributed by atoms with Crippen molar-refractivity contribution in [3.05, 3.63) is 17.0 Å². The van der Waals surface area contributed by atoms with Crippen LogP contribution in [0.1, 0.15) is 4.88 Å². The molecule has 0 saturated carbocycles. The first kappa shape index (κ1) is 15.6. The van der Waals surface area contributed by atoms with E-state index >= 15 is 0 Å². The van der Waals surface area contributed by atoms with Gasteiger partial charge in [-0.3, -0.25) is 4.21 Å². The second-order valence-corrected chi connectivity index (χ2v) is 13.4. The van der Waals surface area contributed by atoms with Crippen molar-refractivity contribution in [1.29, 1.82) is 0 Å². The lowest BCUT2D eigenvalue weighted by Crippen LogP contribution is -2.34. The fourth-order valence-corrected chi connectivity index (χ4v) is 5.05. The summed E-state index contributed by atoms with van der Waals surface area (Å²) in [6, 6.07) is 4.32. The van der Waals surface area contributed by atoms with Crippen molar-refractivity contribution >= 4 is 40.4 Å². The van der Waals surface area contributed by atoms with Crippen LogP contribution in [-0.2, 0) is 10.8 Å². The molecule has 1 aromatic rings. The van der Waals surface area contributed by atoms with E-state index in [4.69, 9.17) is 0 Å². The normalized spacial score (nSPS) is 14.7. The molecule has 0 fully saturated rings. The molecule has 6 heteroatoms. The Morgan fingerprint density at radius 3 is 2.39 bits per heavy atom. The highest BCUT2D eigenvalue weighted by atomic mass is 32.2. The summed E-state index contributed by atoms with van der Waals surface area (Å²) in [7, 11) is 1.66. The molecule has 0 bridgehead atoms. The van der Waals surface area contributed by atoms with Gasteiger partial charge in [-0.05, 0) is 10.6 Å². The van der Waals surface area contributed by atoms with Gasteiger partial charge < -0.3 is 5.01 Å². The van der Waals surface area contributed by atoms with Gasteiger partial charge in [-0.1, -0.05) is 25.7 Å². The zero-order valence-electron chi connectivity index (χ0n) is 12.0. The molecule has 1 unspecified atom stereocenters. The van der Waals surface area contributed by atoms with E-state index in [1.807, 2.05) is 14.1 Å². The van der Waals surface area contributed by atoms with Gasteiger partial charge in [-0.25, -0.2) is 0 Å². The lowest BCUT2D eigenvalue weighted by atomic mass is 10.3. The Kier molecular flexibility index (Phi) is 5.30. The van der Waals surface area contributed by atoms with Crippen LogP contribution in [-0.4, -0.2) is 49.1 Å². The highest BCUT2D eigenvalue weighted by molar-refractivity contribution is 7.85. The predicted octanol–water partition coefficient (Wildman–Crippen LogP) is 1.94. The first-order chi connectivity index (χ1) is 8.20. The van der Waals surface area contributed by atoms with Crippen molar-refractivity contribution in [2.45, 2.75) is 19.6 Å². The third-order valence-electron chi connectivity index (χ3n) is 2.29. The summed E-state index contributed by atoms with van der Waals surface area (Å²) in [5.74, 6) is 0.518. The van der Waals surface area contributed by atoms with Crippen LogP contribution in [0.25, 0.3) is 0 Å². The molecule has 0 aliphatic rings. The molecular weight excluding hydrogens is 280 g/mol. The Balaban J connectivity index is 3.07. The molecule has 0 aliphatic heterocycles. The van der Waals surface area contributed by atoms with Gasteiger partial charge in [0.1, 0.15) is 0 Å². The van der Waals surface area contributed by atoms with Gasteiger partial charge in [-0.15, -0.1) is 11.3 Å². The van der Waals surface area contributed by atoms with Gasteiger partial charge in [0.2, 0.25) is 0 Å². The quantitative estimate of drug-likeness (QED) is 0.473. The molecule has 0 amide bonds. The second-order valence-electron chi connectivity index (χ2n) is 5.53. The molecule has 1 rings (SSSR count). The van der Waals surface area contributed by atoms with Crippen molar-refractivity contribution in [2.24, 2.45) is 5.10 Å². The third kappa shape index (κ3) is 4.66. The number of rotatable bonds is 5. The fraction of sp³-hybridized carbons (Fsp3) is 0.583. The maximum Gasteiger partial charge on any atom is 0.0904 e. The van der Waals surface area contributed by atoms with E-state index in [0.717, 1.165) is 10.6 Å². The first-order valence-corrected chi connectivity index (χ1v) is 11.9. The maximum absolute atomic E-state index is 11.4. The van der Waals surface area contributed by atoms with Crippen LogP contribution in [0.3, 0.4) is 0 Å². The zero-order chi connectivity index (χ0) is 13.9. The van der Waals surface area contributed by atoms with Crippen molar-refractivity contribution in [2.75, 3.05) is 26.1 Å². The zero-order valence-corrected chi connectivity index (χ0v) is 14.6. The largest absolute Gasteiger partial charge is 0.303 e. The summed E-state index contributed by atoms with van der Waals surface area (Å²) in [4.78, 5) is 1.15. The highest BCUT2D eigenvalue weighted by Crippen LogP contribution is 2.15. The van der Waals surface area contributed by atoms with E-state index in [-0.39, 0.29) is 0 Å². The molecule has 1 heterocycles. The maximum atomic E-state index is 11.4. The molecular formula is C12H22N2OS2Si. The average molecular weight is 303 g/mol. The smallest absolute Gasteiger partial charge is 0.0904 e. The molecule has 0 N–H and O–H groups in total. The Bertz CT molecular complexity index is 461. The Labute approximate surface area is 117 Å². The summed E-state index contributed by atoms with van der Waals surface area (Å²) in [6.07, 6.45) is 1.72. The SMILES string of the molecule is CN(C)/N=C(\CS(C)=O)c1ccc([Si](C)(C)C)s1. The van der Waals surface area contributed by atoms with Crippen molar-refractivity contribution < 1.29 is 4.21 Å². The van der Waals surface area contributed by atoms with Gasteiger partial charge in [0.15, 0.2) is 0 Å². The number of nitrogens with zero attached hydrogens (tertiary/aromatic N) is 2. The van der Waals surface area contributed by atoms with Gasteiger partial charge in [0.05, 0.1) is 24.4 Å². The Morgan fingerprint density at radius 1 is 1.39 bits per heavy atom. The van der Waals surface area contributed by atoms with Crippen molar-refractivity contribution in [1.82, 2.24) is 5.01 Å². The van der Waals surface area contributed by atoms with Crippen LogP contribution in [0.4, 0.5) is 0 Å².